The molecule has 0 radical (unpaired) electrons. The van der Waals surface area contributed by atoms with Crippen LogP contribution in [-0.2, 0) is 9.47 Å². The van der Waals surface area contributed by atoms with Gasteiger partial charge in [-0.2, -0.15) is 0 Å². The molecule has 88 valence electrons. The first-order valence-electron chi connectivity index (χ1n) is 5.45. The molecule has 1 saturated heterocycles. The van der Waals surface area contributed by atoms with E-state index in [0.717, 1.165) is 13.2 Å². The first kappa shape index (κ1) is 12.7. The van der Waals surface area contributed by atoms with Crippen LogP contribution in [0.4, 0.5) is 0 Å². The fraction of sp³-hybridized carbons (Fsp3) is 0.900. The van der Waals surface area contributed by atoms with Gasteiger partial charge < -0.3 is 9.47 Å². The van der Waals surface area contributed by atoms with Crippen molar-refractivity contribution in [3.63, 3.8) is 0 Å². The van der Waals surface area contributed by atoms with E-state index in [1.54, 1.807) is 0 Å². The SMILES string of the molecule is CC1CCCCOCC1COC(=S)NN. The van der Waals surface area contributed by atoms with Crippen molar-refractivity contribution in [1.29, 1.82) is 0 Å². The summed E-state index contributed by atoms with van der Waals surface area (Å²) < 4.78 is 10.9. The third-order valence-electron chi connectivity index (χ3n) is 2.88. The molecule has 0 aromatic rings. The molecule has 1 rings (SSSR count). The van der Waals surface area contributed by atoms with Crippen LogP contribution < -0.4 is 11.3 Å². The predicted molar refractivity (Wildman–Crippen MR) is 63.2 cm³/mol. The first-order valence-corrected chi connectivity index (χ1v) is 5.86. The van der Waals surface area contributed by atoms with Crippen LogP contribution in [-0.4, -0.2) is 25.0 Å². The van der Waals surface area contributed by atoms with Gasteiger partial charge in [0.2, 0.25) is 0 Å². The molecule has 0 aromatic heterocycles. The van der Waals surface area contributed by atoms with Crippen LogP contribution in [0, 0.1) is 11.8 Å². The van der Waals surface area contributed by atoms with Crippen molar-refractivity contribution >= 4 is 17.4 Å². The van der Waals surface area contributed by atoms with Gasteiger partial charge in [-0.3, -0.25) is 5.43 Å². The summed E-state index contributed by atoms with van der Waals surface area (Å²) >= 11 is 4.82. The summed E-state index contributed by atoms with van der Waals surface area (Å²) in [5, 5.41) is 0.254. The lowest BCUT2D eigenvalue weighted by Crippen LogP contribution is -2.34. The Balaban J connectivity index is 2.31. The molecule has 2 atom stereocenters. The standard InChI is InChI=1S/C10H20N2O2S/c1-8-4-2-3-5-13-6-9(8)7-14-10(15)12-11/h8-9H,2-7,11H2,1H3,(H,12,15). The molecule has 3 N–H and O–H groups in total. The Morgan fingerprint density at radius 1 is 1.60 bits per heavy atom. The zero-order valence-corrected chi connectivity index (χ0v) is 10.0. The van der Waals surface area contributed by atoms with Gasteiger partial charge in [-0.05, 0) is 24.6 Å². The molecule has 1 heterocycles. The number of nitrogens with two attached hydrogens (primary N) is 1. The molecule has 5 heteroatoms. The number of nitrogens with one attached hydrogen (secondary N) is 1. The van der Waals surface area contributed by atoms with Gasteiger partial charge in [0.25, 0.3) is 5.17 Å². The highest BCUT2D eigenvalue weighted by molar-refractivity contribution is 7.80. The summed E-state index contributed by atoms with van der Waals surface area (Å²) in [4.78, 5) is 0. The van der Waals surface area contributed by atoms with E-state index in [4.69, 9.17) is 27.5 Å². The Morgan fingerprint density at radius 3 is 3.13 bits per heavy atom. The van der Waals surface area contributed by atoms with Crippen LogP contribution >= 0.6 is 12.2 Å². The Kier molecular flexibility index (Phi) is 5.90. The lowest BCUT2D eigenvalue weighted by atomic mass is 9.90. The number of rotatable bonds is 2. The monoisotopic (exact) mass is 232 g/mol. The minimum atomic E-state index is 0.254. The van der Waals surface area contributed by atoms with Crippen molar-refractivity contribution in [3.8, 4) is 0 Å². The quantitative estimate of drug-likeness (QED) is 0.426. The van der Waals surface area contributed by atoms with Gasteiger partial charge in [-0.1, -0.05) is 19.8 Å². The molecule has 1 aliphatic rings. The van der Waals surface area contributed by atoms with Gasteiger partial charge in [0.15, 0.2) is 0 Å². The maximum Gasteiger partial charge on any atom is 0.271 e. The van der Waals surface area contributed by atoms with Crippen molar-refractivity contribution < 1.29 is 9.47 Å². The van der Waals surface area contributed by atoms with E-state index in [9.17, 15) is 0 Å². The molecule has 0 aromatic carbocycles. The largest absolute Gasteiger partial charge is 0.470 e. The Bertz CT molecular complexity index is 202. The fourth-order valence-corrected chi connectivity index (χ4v) is 1.81. The molecular weight excluding hydrogens is 212 g/mol. The maximum atomic E-state index is 5.55. The van der Waals surface area contributed by atoms with Crippen LogP contribution in [0.3, 0.4) is 0 Å². The third kappa shape index (κ3) is 4.77. The topological polar surface area (TPSA) is 56.5 Å². The second-order valence-corrected chi connectivity index (χ2v) is 4.42. The second kappa shape index (κ2) is 6.98. The Labute approximate surface area is 96.5 Å². The van der Waals surface area contributed by atoms with Gasteiger partial charge in [-0.15, -0.1) is 0 Å². The van der Waals surface area contributed by atoms with Crippen LogP contribution in [0.1, 0.15) is 26.2 Å². The van der Waals surface area contributed by atoms with Crippen LogP contribution in [0.5, 0.6) is 0 Å². The molecule has 1 aliphatic heterocycles. The molecule has 0 bridgehead atoms. The minimum Gasteiger partial charge on any atom is -0.470 e. The smallest absolute Gasteiger partial charge is 0.271 e. The summed E-state index contributed by atoms with van der Waals surface area (Å²) in [5.74, 6) is 6.16. The van der Waals surface area contributed by atoms with Crippen LogP contribution in [0.2, 0.25) is 0 Å². The molecule has 0 amide bonds. The van der Waals surface area contributed by atoms with E-state index in [0.29, 0.717) is 18.4 Å². The fourth-order valence-electron chi connectivity index (χ4n) is 1.74. The van der Waals surface area contributed by atoms with E-state index in [2.05, 4.69) is 12.3 Å². The average Bonchev–Trinajstić information content (AvgIpc) is 2.22. The lowest BCUT2D eigenvalue weighted by molar-refractivity contribution is 0.0355. The lowest BCUT2D eigenvalue weighted by Gasteiger charge is -2.26. The molecule has 1 fully saturated rings. The zero-order valence-electron chi connectivity index (χ0n) is 9.20. The van der Waals surface area contributed by atoms with Gasteiger partial charge >= 0.3 is 0 Å². The van der Waals surface area contributed by atoms with Gasteiger partial charge in [0, 0.05) is 12.5 Å². The number of thiocarbonyl (C=S) groups is 1. The van der Waals surface area contributed by atoms with Crippen molar-refractivity contribution in [2.75, 3.05) is 19.8 Å². The highest BCUT2D eigenvalue weighted by atomic mass is 32.1. The van der Waals surface area contributed by atoms with Gasteiger partial charge in [0.05, 0.1) is 13.2 Å². The highest BCUT2D eigenvalue weighted by Gasteiger charge is 2.20. The van der Waals surface area contributed by atoms with Crippen molar-refractivity contribution in [2.45, 2.75) is 26.2 Å². The maximum absolute atomic E-state index is 5.55. The number of hydrogen-bond donors (Lipinski definition) is 2. The summed E-state index contributed by atoms with van der Waals surface area (Å²) in [6.07, 6.45) is 3.64. The van der Waals surface area contributed by atoms with Crippen molar-refractivity contribution in [3.05, 3.63) is 0 Å². The molecular formula is C10H20N2O2S. The summed E-state index contributed by atoms with van der Waals surface area (Å²) in [6.45, 7) is 4.45. The van der Waals surface area contributed by atoms with E-state index >= 15 is 0 Å². The van der Waals surface area contributed by atoms with E-state index < -0.39 is 0 Å². The van der Waals surface area contributed by atoms with Crippen molar-refractivity contribution in [2.24, 2.45) is 17.7 Å². The van der Waals surface area contributed by atoms with Gasteiger partial charge in [-0.25, -0.2) is 5.84 Å². The second-order valence-electron chi connectivity index (χ2n) is 4.05. The summed E-state index contributed by atoms with van der Waals surface area (Å²) in [5.41, 5.74) is 2.32. The molecule has 0 aliphatic carbocycles. The van der Waals surface area contributed by atoms with Gasteiger partial charge in [0.1, 0.15) is 0 Å². The van der Waals surface area contributed by atoms with E-state index in [-0.39, 0.29) is 5.17 Å². The molecule has 4 nitrogen and oxygen atoms in total. The minimum absolute atomic E-state index is 0.254. The Morgan fingerprint density at radius 2 is 2.40 bits per heavy atom. The van der Waals surface area contributed by atoms with Crippen LogP contribution in [0.25, 0.3) is 0 Å². The third-order valence-corrected chi connectivity index (χ3v) is 3.12. The molecule has 2 unspecified atom stereocenters. The number of hydrogen-bond acceptors (Lipinski definition) is 4. The van der Waals surface area contributed by atoms with E-state index in [1.807, 2.05) is 0 Å². The number of hydrazine groups is 1. The predicted octanol–water partition coefficient (Wildman–Crippen LogP) is 1.20. The molecule has 0 spiro atoms. The average molecular weight is 232 g/mol. The summed E-state index contributed by atoms with van der Waals surface area (Å²) in [6, 6.07) is 0. The first-order chi connectivity index (χ1) is 7.24. The van der Waals surface area contributed by atoms with Crippen molar-refractivity contribution in [1.82, 2.24) is 5.43 Å². The number of ether oxygens (including phenoxy) is 2. The summed E-state index contributed by atoms with van der Waals surface area (Å²) in [7, 11) is 0. The Hall–Kier alpha value is -0.390. The molecule has 15 heavy (non-hydrogen) atoms. The highest BCUT2D eigenvalue weighted by Crippen LogP contribution is 2.21. The van der Waals surface area contributed by atoms with Crippen LogP contribution in [0.15, 0.2) is 0 Å². The normalized spacial score (nSPS) is 27.6. The van der Waals surface area contributed by atoms with E-state index in [1.165, 1.54) is 19.3 Å². The zero-order chi connectivity index (χ0) is 11.1. The molecule has 0 saturated carbocycles.